The second kappa shape index (κ2) is 6.83. The monoisotopic (exact) mass is 298 g/mol. The second-order valence-corrected chi connectivity index (χ2v) is 5.87. The first-order valence-electron chi connectivity index (χ1n) is 7.97. The molecule has 22 heavy (non-hydrogen) atoms. The molecule has 2 aromatic rings. The van der Waals surface area contributed by atoms with Gasteiger partial charge in [-0.15, -0.1) is 5.10 Å². The summed E-state index contributed by atoms with van der Waals surface area (Å²) >= 11 is 0. The Balaban J connectivity index is 1.86. The van der Waals surface area contributed by atoms with Gasteiger partial charge in [0, 0.05) is 18.7 Å². The van der Waals surface area contributed by atoms with E-state index in [0.717, 1.165) is 37.8 Å². The summed E-state index contributed by atoms with van der Waals surface area (Å²) in [4.78, 5) is 11.4. The van der Waals surface area contributed by atoms with E-state index in [2.05, 4.69) is 34.7 Å². The van der Waals surface area contributed by atoms with Crippen molar-refractivity contribution in [3.63, 3.8) is 0 Å². The van der Waals surface area contributed by atoms with Crippen molar-refractivity contribution < 1.29 is 4.79 Å². The maximum absolute atomic E-state index is 11.4. The molecule has 0 aliphatic carbocycles. The van der Waals surface area contributed by atoms with E-state index in [9.17, 15) is 4.79 Å². The van der Waals surface area contributed by atoms with Gasteiger partial charge in [0.2, 0.25) is 0 Å². The third-order valence-electron chi connectivity index (χ3n) is 4.38. The minimum absolute atomic E-state index is 0.0113. The Labute approximate surface area is 130 Å². The van der Waals surface area contributed by atoms with Crippen LogP contribution in [0.15, 0.2) is 36.5 Å². The number of nitrogens with zero attached hydrogens (tertiary/aromatic N) is 3. The van der Waals surface area contributed by atoms with E-state index in [-0.39, 0.29) is 18.0 Å². The van der Waals surface area contributed by atoms with Crippen LogP contribution >= 0.6 is 0 Å². The standard InChI is InChI=1S/C17H22N4O/c1-2-3-9-14-11-21(20-19-14)17-15(10-18-16(17)12-22)13-7-5-4-6-8-13/h4-8,11-12,15-18H,2-3,9-10H2,1H3. The molecule has 1 saturated heterocycles. The van der Waals surface area contributed by atoms with Crippen molar-refractivity contribution >= 4 is 6.29 Å². The number of benzene rings is 1. The third kappa shape index (κ3) is 2.95. The average molecular weight is 298 g/mol. The molecule has 0 amide bonds. The number of hydrogen-bond acceptors (Lipinski definition) is 4. The first kappa shape index (κ1) is 14.9. The Morgan fingerprint density at radius 3 is 2.91 bits per heavy atom. The van der Waals surface area contributed by atoms with Crippen LogP contribution < -0.4 is 5.32 Å². The fraction of sp³-hybridized carbons (Fsp3) is 0.471. The maximum atomic E-state index is 11.4. The maximum Gasteiger partial charge on any atom is 0.139 e. The van der Waals surface area contributed by atoms with Crippen LogP contribution in [0.2, 0.25) is 0 Å². The second-order valence-electron chi connectivity index (χ2n) is 5.87. The number of carbonyl (C=O) groups is 1. The minimum atomic E-state index is -0.217. The van der Waals surface area contributed by atoms with E-state index >= 15 is 0 Å². The normalized spacial score (nSPS) is 24.5. The topological polar surface area (TPSA) is 59.8 Å². The zero-order valence-corrected chi connectivity index (χ0v) is 12.9. The highest BCUT2D eigenvalue weighted by atomic mass is 16.1. The molecule has 0 spiro atoms. The molecule has 5 heteroatoms. The molecule has 2 heterocycles. The lowest BCUT2D eigenvalue weighted by molar-refractivity contribution is -0.110. The average Bonchev–Trinajstić information content (AvgIpc) is 3.19. The smallest absolute Gasteiger partial charge is 0.139 e. The highest BCUT2D eigenvalue weighted by Gasteiger charge is 2.38. The third-order valence-corrected chi connectivity index (χ3v) is 4.38. The van der Waals surface area contributed by atoms with Gasteiger partial charge in [-0.3, -0.25) is 0 Å². The summed E-state index contributed by atoms with van der Waals surface area (Å²) in [5.74, 6) is 0.233. The zero-order chi connectivity index (χ0) is 15.4. The molecule has 1 fully saturated rings. The van der Waals surface area contributed by atoms with Crippen LogP contribution in [-0.2, 0) is 11.2 Å². The molecule has 0 radical (unpaired) electrons. The molecular formula is C17H22N4O. The summed E-state index contributed by atoms with van der Waals surface area (Å²) in [6.45, 7) is 2.95. The molecule has 0 saturated carbocycles. The van der Waals surface area contributed by atoms with Gasteiger partial charge in [-0.05, 0) is 18.4 Å². The fourth-order valence-electron chi connectivity index (χ4n) is 3.18. The van der Waals surface area contributed by atoms with E-state index in [4.69, 9.17) is 0 Å². The van der Waals surface area contributed by atoms with Crippen LogP contribution in [-0.4, -0.2) is 33.9 Å². The molecule has 3 rings (SSSR count). The summed E-state index contributed by atoms with van der Waals surface area (Å²) in [7, 11) is 0. The number of nitrogens with one attached hydrogen (secondary N) is 1. The van der Waals surface area contributed by atoms with Crippen LogP contribution in [0.25, 0.3) is 0 Å². The van der Waals surface area contributed by atoms with Crippen molar-refractivity contribution in [2.24, 2.45) is 0 Å². The molecule has 116 valence electrons. The van der Waals surface area contributed by atoms with E-state index in [1.807, 2.05) is 29.1 Å². The molecule has 1 aromatic carbocycles. The van der Waals surface area contributed by atoms with E-state index < -0.39 is 0 Å². The van der Waals surface area contributed by atoms with Crippen molar-refractivity contribution in [1.29, 1.82) is 0 Å². The Bertz CT molecular complexity index is 610. The Morgan fingerprint density at radius 1 is 1.36 bits per heavy atom. The quantitative estimate of drug-likeness (QED) is 0.830. The number of aromatic nitrogens is 3. The number of aldehydes is 1. The Hall–Kier alpha value is -2.01. The van der Waals surface area contributed by atoms with Gasteiger partial charge >= 0.3 is 0 Å². The van der Waals surface area contributed by atoms with Crippen molar-refractivity contribution in [2.75, 3.05) is 6.54 Å². The first-order valence-corrected chi connectivity index (χ1v) is 7.97. The minimum Gasteiger partial charge on any atom is -0.305 e. The van der Waals surface area contributed by atoms with Crippen molar-refractivity contribution in [3.05, 3.63) is 47.8 Å². The molecule has 5 nitrogen and oxygen atoms in total. The van der Waals surface area contributed by atoms with Crippen LogP contribution in [0.1, 0.15) is 43.0 Å². The Morgan fingerprint density at radius 2 is 2.18 bits per heavy atom. The van der Waals surface area contributed by atoms with Crippen molar-refractivity contribution in [2.45, 2.75) is 44.2 Å². The van der Waals surface area contributed by atoms with Gasteiger partial charge in [-0.1, -0.05) is 48.9 Å². The number of carbonyl (C=O) groups excluding carboxylic acids is 1. The van der Waals surface area contributed by atoms with Gasteiger partial charge in [-0.25, -0.2) is 4.68 Å². The molecule has 1 aromatic heterocycles. The highest BCUT2D eigenvalue weighted by Crippen LogP contribution is 2.34. The largest absolute Gasteiger partial charge is 0.305 e. The SMILES string of the molecule is CCCCc1cn(C2C(C=O)NCC2c2ccccc2)nn1. The summed E-state index contributed by atoms with van der Waals surface area (Å²) in [5.41, 5.74) is 2.24. The van der Waals surface area contributed by atoms with Crippen LogP contribution in [0.4, 0.5) is 0 Å². The highest BCUT2D eigenvalue weighted by molar-refractivity contribution is 5.60. The summed E-state index contributed by atoms with van der Waals surface area (Å²) < 4.78 is 1.88. The molecule has 0 bridgehead atoms. The molecule has 3 unspecified atom stereocenters. The Kier molecular flexibility index (Phi) is 4.63. The number of rotatable bonds is 6. The van der Waals surface area contributed by atoms with E-state index in [1.165, 1.54) is 5.56 Å². The number of unbranched alkanes of at least 4 members (excludes halogenated alkanes) is 1. The molecular weight excluding hydrogens is 276 g/mol. The molecule has 3 atom stereocenters. The van der Waals surface area contributed by atoms with Crippen LogP contribution in [0, 0.1) is 0 Å². The summed E-state index contributed by atoms with van der Waals surface area (Å²) in [5, 5.41) is 11.9. The van der Waals surface area contributed by atoms with Gasteiger partial charge in [0.1, 0.15) is 6.29 Å². The number of hydrogen-bond donors (Lipinski definition) is 1. The van der Waals surface area contributed by atoms with Crippen molar-refractivity contribution in [3.8, 4) is 0 Å². The first-order chi connectivity index (χ1) is 10.8. The van der Waals surface area contributed by atoms with E-state index in [0.29, 0.717) is 0 Å². The van der Waals surface area contributed by atoms with Gasteiger partial charge in [0.05, 0.1) is 17.8 Å². The van der Waals surface area contributed by atoms with Gasteiger partial charge in [0.25, 0.3) is 0 Å². The molecule has 1 aliphatic heterocycles. The van der Waals surface area contributed by atoms with Gasteiger partial charge in [0.15, 0.2) is 0 Å². The molecule has 1 aliphatic rings. The van der Waals surface area contributed by atoms with E-state index in [1.54, 1.807) is 0 Å². The lowest BCUT2D eigenvalue weighted by Crippen LogP contribution is -2.31. The van der Waals surface area contributed by atoms with Crippen LogP contribution in [0.3, 0.4) is 0 Å². The lowest BCUT2D eigenvalue weighted by atomic mass is 9.91. The zero-order valence-electron chi connectivity index (χ0n) is 12.9. The van der Waals surface area contributed by atoms with Crippen molar-refractivity contribution in [1.82, 2.24) is 20.3 Å². The summed E-state index contributed by atoms with van der Waals surface area (Å²) in [6, 6.07) is 10.1. The predicted octanol–water partition coefficient (Wildman–Crippen LogP) is 2.12. The van der Waals surface area contributed by atoms with Gasteiger partial charge in [-0.2, -0.15) is 0 Å². The number of aryl methyl sites for hydroxylation is 1. The lowest BCUT2D eigenvalue weighted by Gasteiger charge is -2.21. The molecule has 1 N–H and O–H groups in total. The summed E-state index contributed by atoms with van der Waals surface area (Å²) in [6.07, 6.45) is 6.18. The predicted molar refractivity (Wildman–Crippen MR) is 84.7 cm³/mol. The van der Waals surface area contributed by atoms with Crippen LogP contribution in [0.5, 0.6) is 0 Å². The fourth-order valence-corrected chi connectivity index (χ4v) is 3.18. The van der Waals surface area contributed by atoms with Gasteiger partial charge < -0.3 is 10.1 Å².